The van der Waals surface area contributed by atoms with Gasteiger partial charge in [0.1, 0.15) is 0 Å². The number of benzene rings is 1. The number of anilines is 1. The summed E-state index contributed by atoms with van der Waals surface area (Å²) in [6.45, 7) is 11.9. The first-order valence-electron chi connectivity index (χ1n) is 11.6. The summed E-state index contributed by atoms with van der Waals surface area (Å²) in [6, 6.07) is 10.7. The maximum Gasteiger partial charge on any atom is 0.222 e. The molecule has 0 saturated carbocycles. The van der Waals surface area contributed by atoms with Gasteiger partial charge in [0.25, 0.3) is 0 Å². The molecule has 2 saturated heterocycles. The molecule has 2 N–H and O–H groups in total. The Bertz CT molecular complexity index is 657. The quantitative estimate of drug-likeness (QED) is 0.347. The molecule has 1 aromatic carbocycles. The largest absolute Gasteiger partial charge is 0.369 e. The second-order valence-electron chi connectivity index (χ2n) is 8.04. The molecular weight excluding hydrogens is 376 g/mol. The molecule has 166 valence electrons. The second kappa shape index (κ2) is 12.4. The van der Waals surface area contributed by atoms with E-state index in [-0.39, 0.29) is 0 Å². The number of likely N-dealkylation sites (tertiary alicyclic amines) is 1. The second-order valence-corrected chi connectivity index (χ2v) is 8.04. The average Bonchev–Trinajstić information content (AvgIpc) is 3.19. The fourth-order valence-electron chi connectivity index (χ4n) is 4.11. The van der Waals surface area contributed by atoms with Gasteiger partial charge in [0.05, 0.1) is 0 Å². The lowest BCUT2D eigenvalue weighted by Crippen LogP contribution is -2.47. The van der Waals surface area contributed by atoms with E-state index >= 15 is 0 Å². The van der Waals surface area contributed by atoms with Crippen molar-refractivity contribution in [2.75, 3.05) is 70.3 Å². The van der Waals surface area contributed by atoms with E-state index in [2.05, 4.69) is 62.7 Å². The molecule has 7 heteroatoms. The summed E-state index contributed by atoms with van der Waals surface area (Å²) >= 11 is 0. The number of hydrogen-bond acceptors (Lipinski definition) is 4. The summed E-state index contributed by atoms with van der Waals surface area (Å²) in [7, 11) is 0. The molecule has 30 heavy (non-hydrogen) atoms. The zero-order chi connectivity index (χ0) is 21.0. The van der Waals surface area contributed by atoms with E-state index in [0.29, 0.717) is 5.91 Å². The number of para-hydroxylation sites is 1. The fraction of sp³-hybridized carbons (Fsp3) is 0.652. The molecule has 3 rings (SSSR count). The molecule has 0 atom stereocenters. The number of carbonyl (C=O) groups is 1. The Morgan fingerprint density at radius 3 is 2.50 bits per heavy atom. The van der Waals surface area contributed by atoms with Crippen LogP contribution >= 0.6 is 0 Å². The van der Waals surface area contributed by atoms with E-state index in [1.807, 2.05) is 4.90 Å². The van der Waals surface area contributed by atoms with E-state index in [0.717, 1.165) is 97.1 Å². The van der Waals surface area contributed by atoms with Crippen LogP contribution in [0.25, 0.3) is 0 Å². The molecule has 2 fully saturated rings. The summed E-state index contributed by atoms with van der Waals surface area (Å²) < 4.78 is 0. The van der Waals surface area contributed by atoms with Crippen molar-refractivity contribution in [3.8, 4) is 0 Å². The van der Waals surface area contributed by atoms with Crippen molar-refractivity contribution in [1.82, 2.24) is 20.4 Å². The van der Waals surface area contributed by atoms with Crippen LogP contribution in [-0.4, -0.2) is 87.1 Å². The Labute approximate surface area is 181 Å². The number of piperazine rings is 1. The van der Waals surface area contributed by atoms with Gasteiger partial charge < -0.3 is 20.4 Å². The van der Waals surface area contributed by atoms with Crippen molar-refractivity contribution < 1.29 is 4.79 Å². The highest BCUT2D eigenvalue weighted by Gasteiger charge is 2.19. The minimum absolute atomic E-state index is 0.300. The van der Waals surface area contributed by atoms with Gasteiger partial charge in [0, 0.05) is 71.0 Å². The minimum atomic E-state index is 0.300. The highest BCUT2D eigenvalue weighted by atomic mass is 16.2. The van der Waals surface area contributed by atoms with E-state index in [1.54, 1.807) is 0 Å². The van der Waals surface area contributed by atoms with Crippen LogP contribution in [0, 0.1) is 0 Å². The lowest BCUT2D eigenvalue weighted by molar-refractivity contribution is -0.127. The van der Waals surface area contributed by atoms with Gasteiger partial charge in [0.2, 0.25) is 5.91 Å². The van der Waals surface area contributed by atoms with Crippen molar-refractivity contribution >= 4 is 17.6 Å². The molecule has 0 spiro atoms. The predicted octanol–water partition coefficient (Wildman–Crippen LogP) is 1.77. The topological polar surface area (TPSA) is 63.2 Å². The van der Waals surface area contributed by atoms with Crippen LogP contribution in [0.3, 0.4) is 0 Å². The Morgan fingerprint density at radius 1 is 1.00 bits per heavy atom. The van der Waals surface area contributed by atoms with E-state index in [9.17, 15) is 4.79 Å². The molecule has 1 amide bonds. The summed E-state index contributed by atoms with van der Waals surface area (Å²) in [5, 5.41) is 6.77. The van der Waals surface area contributed by atoms with Crippen molar-refractivity contribution in [3.05, 3.63) is 30.3 Å². The summed E-state index contributed by atoms with van der Waals surface area (Å²) in [6.07, 6.45) is 3.76. The zero-order valence-corrected chi connectivity index (χ0v) is 18.5. The Kier molecular flexibility index (Phi) is 9.28. The molecule has 0 bridgehead atoms. The van der Waals surface area contributed by atoms with Crippen molar-refractivity contribution in [3.63, 3.8) is 0 Å². The standard InChI is InChI=1S/C23H38N6O/c1-2-24-23(26-13-8-16-29-15-6-11-22(29)30)25-12-7-14-27-17-19-28(20-18-27)21-9-4-3-5-10-21/h3-5,9-10H,2,6-8,11-20H2,1H3,(H2,24,25,26). The van der Waals surface area contributed by atoms with Gasteiger partial charge >= 0.3 is 0 Å². The summed E-state index contributed by atoms with van der Waals surface area (Å²) in [5.74, 6) is 1.19. The third-order valence-electron chi connectivity index (χ3n) is 5.81. The van der Waals surface area contributed by atoms with Gasteiger partial charge in [0.15, 0.2) is 5.96 Å². The molecule has 1 aromatic rings. The summed E-state index contributed by atoms with van der Waals surface area (Å²) in [5.41, 5.74) is 1.33. The molecular formula is C23H38N6O. The molecule has 0 unspecified atom stereocenters. The molecule has 2 heterocycles. The van der Waals surface area contributed by atoms with Crippen LogP contribution in [0.4, 0.5) is 5.69 Å². The third-order valence-corrected chi connectivity index (χ3v) is 5.81. The summed E-state index contributed by atoms with van der Waals surface area (Å²) in [4.78, 5) is 23.3. The number of guanidine groups is 1. The zero-order valence-electron chi connectivity index (χ0n) is 18.5. The normalized spacial score (nSPS) is 18.2. The van der Waals surface area contributed by atoms with E-state index in [1.165, 1.54) is 5.69 Å². The molecule has 7 nitrogen and oxygen atoms in total. The van der Waals surface area contributed by atoms with Crippen LogP contribution in [0.15, 0.2) is 35.3 Å². The Morgan fingerprint density at radius 2 is 1.80 bits per heavy atom. The molecule has 0 aromatic heterocycles. The first-order chi connectivity index (χ1) is 14.8. The lowest BCUT2D eigenvalue weighted by Gasteiger charge is -2.36. The molecule has 2 aliphatic rings. The van der Waals surface area contributed by atoms with Gasteiger partial charge in [-0.2, -0.15) is 0 Å². The highest BCUT2D eigenvalue weighted by molar-refractivity contribution is 5.79. The number of carbonyl (C=O) groups excluding carboxylic acids is 1. The van der Waals surface area contributed by atoms with Crippen LogP contribution in [0.5, 0.6) is 0 Å². The first-order valence-corrected chi connectivity index (χ1v) is 11.6. The van der Waals surface area contributed by atoms with Crippen LogP contribution in [0.2, 0.25) is 0 Å². The molecule has 0 radical (unpaired) electrons. The Hall–Kier alpha value is -2.28. The monoisotopic (exact) mass is 414 g/mol. The number of amides is 1. The predicted molar refractivity (Wildman–Crippen MR) is 124 cm³/mol. The number of nitrogens with one attached hydrogen (secondary N) is 2. The molecule has 0 aliphatic carbocycles. The van der Waals surface area contributed by atoms with Gasteiger partial charge in [-0.05, 0) is 44.9 Å². The van der Waals surface area contributed by atoms with Gasteiger partial charge in [-0.1, -0.05) is 18.2 Å². The van der Waals surface area contributed by atoms with Gasteiger partial charge in [-0.15, -0.1) is 0 Å². The van der Waals surface area contributed by atoms with Crippen LogP contribution in [-0.2, 0) is 4.79 Å². The SMILES string of the molecule is CCNC(=NCCCN1CCCC1=O)NCCCN1CCN(c2ccccc2)CC1. The van der Waals surface area contributed by atoms with Gasteiger partial charge in [-0.25, -0.2) is 0 Å². The molecule has 2 aliphatic heterocycles. The van der Waals surface area contributed by atoms with Crippen LogP contribution in [0.1, 0.15) is 32.6 Å². The van der Waals surface area contributed by atoms with Crippen LogP contribution < -0.4 is 15.5 Å². The minimum Gasteiger partial charge on any atom is -0.369 e. The first kappa shape index (κ1) is 22.4. The number of nitrogens with zero attached hydrogens (tertiary/aromatic N) is 4. The third kappa shape index (κ3) is 7.20. The number of hydrogen-bond donors (Lipinski definition) is 2. The van der Waals surface area contributed by atoms with Gasteiger partial charge in [-0.3, -0.25) is 14.7 Å². The van der Waals surface area contributed by atoms with Crippen molar-refractivity contribution in [2.45, 2.75) is 32.6 Å². The maximum absolute atomic E-state index is 11.7. The van der Waals surface area contributed by atoms with Crippen molar-refractivity contribution in [2.24, 2.45) is 4.99 Å². The number of rotatable bonds is 10. The van der Waals surface area contributed by atoms with E-state index in [4.69, 9.17) is 0 Å². The fourth-order valence-corrected chi connectivity index (χ4v) is 4.11. The average molecular weight is 415 g/mol. The lowest BCUT2D eigenvalue weighted by atomic mass is 10.2. The smallest absolute Gasteiger partial charge is 0.222 e. The maximum atomic E-state index is 11.7. The highest BCUT2D eigenvalue weighted by Crippen LogP contribution is 2.15. The number of aliphatic imine (C=N–C) groups is 1. The Balaban J connectivity index is 1.28. The van der Waals surface area contributed by atoms with Crippen molar-refractivity contribution in [1.29, 1.82) is 0 Å². The van der Waals surface area contributed by atoms with E-state index < -0.39 is 0 Å².